The van der Waals surface area contributed by atoms with Crippen LogP contribution in [0.2, 0.25) is 0 Å². The molecule has 1 amide bonds. The minimum absolute atomic E-state index is 0.163. The monoisotopic (exact) mass is 375 g/mol. The number of rotatable bonds is 7. The number of methoxy groups -OCH3 is 1. The number of anilines is 1. The molecule has 0 aliphatic heterocycles. The quantitative estimate of drug-likeness (QED) is 0.614. The Labute approximate surface area is 163 Å². The van der Waals surface area contributed by atoms with Gasteiger partial charge in [-0.3, -0.25) is 9.59 Å². The average Bonchev–Trinajstić information content (AvgIpc) is 2.73. The first kappa shape index (κ1) is 19.2. The summed E-state index contributed by atoms with van der Waals surface area (Å²) in [4.78, 5) is 24.3. The summed E-state index contributed by atoms with van der Waals surface area (Å²) in [6.45, 7) is 1.23. The number of hydrogen-bond acceptors (Lipinski definition) is 4. The fraction of sp³-hybridized carbons (Fsp3) is 0.130. The SMILES string of the molecule is COc1ccc(OCC(=O)Nc2ccccc2-c2ccccc2)c(C(C)=O)c1. The molecule has 5 heteroatoms. The topological polar surface area (TPSA) is 64.6 Å². The first-order valence-electron chi connectivity index (χ1n) is 8.84. The van der Waals surface area contributed by atoms with Crippen LogP contribution in [0.3, 0.4) is 0 Å². The van der Waals surface area contributed by atoms with Gasteiger partial charge in [0.2, 0.25) is 0 Å². The Balaban J connectivity index is 1.72. The van der Waals surface area contributed by atoms with Crippen LogP contribution in [0.15, 0.2) is 72.8 Å². The molecule has 0 saturated carbocycles. The second-order valence-electron chi connectivity index (χ2n) is 6.17. The molecule has 3 rings (SSSR count). The van der Waals surface area contributed by atoms with Gasteiger partial charge in [-0.25, -0.2) is 0 Å². The van der Waals surface area contributed by atoms with Crippen LogP contribution in [0.1, 0.15) is 17.3 Å². The van der Waals surface area contributed by atoms with Gasteiger partial charge in [-0.2, -0.15) is 0 Å². The van der Waals surface area contributed by atoms with E-state index in [1.54, 1.807) is 18.2 Å². The van der Waals surface area contributed by atoms with E-state index in [0.717, 1.165) is 11.1 Å². The summed E-state index contributed by atoms with van der Waals surface area (Å²) in [7, 11) is 1.53. The highest BCUT2D eigenvalue weighted by molar-refractivity contribution is 5.98. The molecule has 0 radical (unpaired) electrons. The highest BCUT2D eigenvalue weighted by atomic mass is 16.5. The molecule has 0 atom stereocenters. The summed E-state index contributed by atoms with van der Waals surface area (Å²) < 4.78 is 10.7. The standard InChI is InChI=1S/C23H21NO4/c1-16(25)20-14-18(27-2)12-13-22(20)28-15-23(26)24-21-11-7-6-10-19(21)17-8-4-3-5-9-17/h3-14H,15H2,1-2H3,(H,24,26). The molecule has 3 aromatic rings. The Kier molecular flexibility index (Phi) is 6.07. The molecule has 0 saturated heterocycles. The van der Waals surface area contributed by atoms with E-state index in [-0.39, 0.29) is 18.3 Å². The fourth-order valence-electron chi connectivity index (χ4n) is 2.83. The van der Waals surface area contributed by atoms with Crippen LogP contribution in [0, 0.1) is 0 Å². The Bertz CT molecular complexity index is 983. The maximum atomic E-state index is 12.4. The van der Waals surface area contributed by atoms with Gasteiger partial charge in [-0.05, 0) is 36.8 Å². The van der Waals surface area contributed by atoms with E-state index in [4.69, 9.17) is 9.47 Å². The second kappa shape index (κ2) is 8.86. The molecule has 0 aliphatic carbocycles. The summed E-state index contributed by atoms with van der Waals surface area (Å²) in [5.41, 5.74) is 3.00. The molecular formula is C23H21NO4. The molecule has 0 aromatic heterocycles. The molecule has 1 N–H and O–H groups in total. The Morgan fingerprint density at radius 3 is 2.36 bits per heavy atom. The van der Waals surface area contributed by atoms with Crippen molar-refractivity contribution in [1.82, 2.24) is 0 Å². The van der Waals surface area contributed by atoms with Gasteiger partial charge in [-0.15, -0.1) is 0 Å². The number of hydrogen-bond donors (Lipinski definition) is 1. The smallest absolute Gasteiger partial charge is 0.262 e. The first-order chi connectivity index (χ1) is 13.6. The van der Waals surface area contributed by atoms with E-state index in [0.29, 0.717) is 22.7 Å². The molecule has 0 aliphatic rings. The Morgan fingerprint density at radius 2 is 1.64 bits per heavy atom. The van der Waals surface area contributed by atoms with Gasteiger partial charge in [0.1, 0.15) is 11.5 Å². The van der Waals surface area contributed by atoms with Crippen LogP contribution in [0.4, 0.5) is 5.69 Å². The molecular weight excluding hydrogens is 354 g/mol. The van der Waals surface area contributed by atoms with Gasteiger partial charge in [0, 0.05) is 11.3 Å². The van der Waals surface area contributed by atoms with Gasteiger partial charge in [0.05, 0.1) is 12.7 Å². The molecule has 0 spiro atoms. The third-order valence-corrected chi connectivity index (χ3v) is 4.21. The molecule has 0 unspecified atom stereocenters. The lowest BCUT2D eigenvalue weighted by Gasteiger charge is -2.13. The van der Waals surface area contributed by atoms with Crippen LogP contribution < -0.4 is 14.8 Å². The van der Waals surface area contributed by atoms with Crippen molar-refractivity contribution in [3.8, 4) is 22.6 Å². The van der Waals surface area contributed by atoms with Crippen molar-refractivity contribution < 1.29 is 19.1 Å². The van der Waals surface area contributed by atoms with Crippen LogP contribution in [-0.2, 0) is 4.79 Å². The molecule has 0 heterocycles. The summed E-state index contributed by atoms with van der Waals surface area (Å²) in [6, 6.07) is 22.3. The maximum Gasteiger partial charge on any atom is 0.262 e. The lowest BCUT2D eigenvalue weighted by molar-refractivity contribution is -0.118. The summed E-state index contributed by atoms with van der Waals surface area (Å²) in [5, 5.41) is 2.88. The molecule has 0 fully saturated rings. The average molecular weight is 375 g/mol. The van der Waals surface area contributed by atoms with Gasteiger partial charge in [0.15, 0.2) is 12.4 Å². The molecule has 142 valence electrons. The maximum absolute atomic E-state index is 12.4. The van der Waals surface area contributed by atoms with Crippen molar-refractivity contribution in [2.75, 3.05) is 19.0 Å². The zero-order valence-corrected chi connectivity index (χ0v) is 15.8. The normalized spacial score (nSPS) is 10.2. The minimum atomic E-state index is -0.311. The highest BCUT2D eigenvalue weighted by Gasteiger charge is 2.13. The lowest BCUT2D eigenvalue weighted by Crippen LogP contribution is -2.21. The predicted molar refractivity (Wildman–Crippen MR) is 109 cm³/mol. The molecule has 5 nitrogen and oxygen atoms in total. The van der Waals surface area contributed by atoms with Crippen molar-refractivity contribution in [1.29, 1.82) is 0 Å². The van der Waals surface area contributed by atoms with Crippen molar-refractivity contribution in [2.24, 2.45) is 0 Å². The van der Waals surface area contributed by atoms with Crippen molar-refractivity contribution in [2.45, 2.75) is 6.92 Å². The number of ketones is 1. The molecule has 0 bridgehead atoms. The van der Waals surface area contributed by atoms with Crippen LogP contribution >= 0.6 is 0 Å². The largest absolute Gasteiger partial charge is 0.497 e. The number of para-hydroxylation sites is 1. The number of Topliss-reactive ketones (excluding diaryl/α,β-unsaturated/α-hetero) is 1. The summed E-state index contributed by atoms with van der Waals surface area (Å²) >= 11 is 0. The third kappa shape index (κ3) is 4.57. The number of nitrogens with one attached hydrogen (secondary N) is 1. The number of benzene rings is 3. The molecule has 28 heavy (non-hydrogen) atoms. The van der Waals surface area contributed by atoms with E-state index in [1.807, 2.05) is 54.6 Å². The second-order valence-corrected chi connectivity index (χ2v) is 6.17. The van der Waals surface area contributed by atoms with E-state index in [1.165, 1.54) is 14.0 Å². The van der Waals surface area contributed by atoms with Gasteiger partial charge in [-0.1, -0.05) is 48.5 Å². The van der Waals surface area contributed by atoms with Gasteiger partial charge < -0.3 is 14.8 Å². The fourth-order valence-corrected chi connectivity index (χ4v) is 2.83. The van der Waals surface area contributed by atoms with E-state index in [2.05, 4.69) is 5.32 Å². The van der Waals surface area contributed by atoms with Crippen molar-refractivity contribution >= 4 is 17.4 Å². The van der Waals surface area contributed by atoms with Crippen molar-refractivity contribution in [3.05, 3.63) is 78.4 Å². The zero-order chi connectivity index (χ0) is 19.9. The van der Waals surface area contributed by atoms with Gasteiger partial charge in [0.25, 0.3) is 5.91 Å². The van der Waals surface area contributed by atoms with Crippen molar-refractivity contribution in [3.63, 3.8) is 0 Å². The predicted octanol–water partition coefficient (Wildman–Crippen LogP) is 4.58. The Morgan fingerprint density at radius 1 is 0.929 bits per heavy atom. The number of ether oxygens (including phenoxy) is 2. The lowest BCUT2D eigenvalue weighted by atomic mass is 10.0. The third-order valence-electron chi connectivity index (χ3n) is 4.21. The van der Waals surface area contributed by atoms with E-state index >= 15 is 0 Å². The van der Waals surface area contributed by atoms with E-state index in [9.17, 15) is 9.59 Å². The minimum Gasteiger partial charge on any atom is -0.497 e. The molecule has 3 aromatic carbocycles. The first-order valence-corrected chi connectivity index (χ1v) is 8.84. The van der Waals surface area contributed by atoms with Crippen LogP contribution in [0.25, 0.3) is 11.1 Å². The number of carbonyl (C=O) groups excluding carboxylic acids is 2. The van der Waals surface area contributed by atoms with Crippen LogP contribution in [-0.4, -0.2) is 25.4 Å². The highest BCUT2D eigenvalue weighted by Crippen LogP contribution is 2.28. The van der Waals surface area contributed by atoms with Crippen LogP contribution in [0.5, 0.6) is 11.5 Å². The number of carbonyl (C=O) groups is 2. The number of amides is 1. The Hall–Kier alpha value is -3.60. The van der Waals surface area contributed by atoms with Gasteiger partial charge >= 0.3 is 0 Å². The van der Waals surface area contributed by atoms with E-state index < -0.39 is 0 Å². The summed E-state index contributed by atoms with van der Waals surface area (Å²) in [6.07, 6.45) is 0. The summed E-state index contributed by atoms with van der Waals surface area (Å²) in [5.74, 6) is 0.427. The zero-order valence-electron chi connectivity index (χ0n) is 15.8.